The molecule has 1 aliphatic heterocycles. The lowest BCUT2D eigenvalue weighted by atomic mass is 10.1. The summed E-state index contributed by atoms with van der Waals surface area (Å²) in [5.41, 5.74) is 3.29. The number of methoxy groups -OCH3 is 2. The second kappa shape index (κ2) is 10.6. The number of nitrogens with zero attached hydrogens (tertiary/aromatic N) is 1. The Bertz CT molecular complexity index is 804. The van der Waals surface area contributed by atoms with Gasteiger partial charge in [-0.2, -0.15) is 0 Å². The lowest BCUT2D eigenvalue weighted by Gasteiger charge is -2.30. The van der Waals surface area contributed by atoms with E-state index in [4.69, 9.17) is 9.47 Å². The molecule has 0 radical (unpaired) electrons. The second-order valence-corrected chi connectivity index (χ2v) is 7.21. The Labute approximate surface area is 173 Å². The van der Waals surface area contributed by atoms with E-state index in [1.165, 1.54) is 24.9 Å². The van der Waals surface area contributed by atoms with Gasteiger partial charge in [0.25, 0.3) is 0 Å². The van der Waals surface area contributed by atoms with Gasteiger partial charge in [-0.05, 0) is 55.5 Å². The van der Waals surface area contributed by atoms with E-state index in [9.17, 15) is 4.79 Å². The van der Waals surface area contributed by atoms with E-state index in [-0.39, 0.29) is 12.5 Å². The topological polar surface area (TPSA) is 62.8 Å². The van der Waals surface area contributed by atoms with Crippen molar-refractivity contribution in [1.82, 2.24) is 5.32 Å². The summed E-state index contributed by atoms with van der Waals surface area (Å²) in [7, 11) is 3.24. The molecular weight excluding hydrogens is 366 g/mol. The number of anilines is 2. The molecule has 2 N–H and O–H groups in total. The van der Waals surface area contributed by atoms with Gasteiger partial charge in [-0.25, -0.2) is 0 Å². The van der Waals surface area contributed by atoms with Crippen molar-refractivity contribution < 1.29 is 14.3 Å². The lowest BCUT2D eigenvalue weighted by molar-refractivity contribution is -0.119. The molecule has 29 heavy (non-hydrogen) atoms. The maximum absolute atomic E-state index is 12.3. The van der Waals surface area contributed by atoms with Crippen molar-refractivity contribution in [1.29, 1.82) is 0 Å². The molecule has 0 atom stereocenters. The zero-order valence-electron chi connectivity index (χ0n) is 17.4. The Morgan fingerprint density at radius 1 is 1.00 bits per heavy atom. The third-order valence-electron chi connectivity index (χ3n) is 5.22. The third kappa shape index (κ3) is 5.79. The Kier molecular flexibility index (Phi) is 7.61. The molecule has 0 aromatic heterocycles. The normalized spacial score (nSPS) is 13.7. The molecule has 1 aliphatic rings. The summed E-state index contributed by atoms with van der Waals surface area (Å²) in [6.45, 7) is 2.99. The quantitative estimate of drug-likeness (QED) is 0.678. The maximum atomic E-state index is 12.3. The molecule has 1 fully saturated rings. The molecule has 3 rings (SSSR count). The molecule has 1 saturated heterocycles. The van der Waals surface area contributed by atoms with Crippen LogP contribution in [0.4, 0.5) is 11.4 Å². The highest BCUT2D eigenvalue weighted by molar-refractivity contribution is 5.82. The van der Waals surface area contributed by atoms with Gasteiger partial charge >= 0.3 is 0 Å². The van der Waals surface area contributed by atoms with Gasteiger partial charge in [0.2, 0.25) is 5.91 Å². The highest BCUT2D eigenvalue weighted by atomic mass is 16.5. The fourth-order valence-electron chi connectivity index (χ4n) is 3.65. The SMILES string of the molecule is COc1ccc(CCNC(=O)CNc2ccccc2N2CCCCC2)cc1OC. The number of ether oxygens (including phenoxy) is 2. The number of hydrogen-bond donors (Lipinski definition) is 2. The number of amides is 1. The van der Waals surface area contributed by atoms with E-state index in [0.717, 1.165) is 30.8 Å². The van der Waals surface area contributed by atoms with Crippen LogP contribution in [0.15, 0.2) is 42.5 Å². The predicted molar refractivity (Wildman–Crippen MR) is 117 cm³/mol. The molecule has 1 heterocycles. The van der Waals surface area contributed by atoms with Crippen LogP contribution < -0.4 is 25.0 Å². The van der Waals surface area contributed by atoms with Crippen LogP contribution in [0.1, 0.15) is 24.8 Å². The van der Waals surface area contributed by atoms with Crippen molar-refractivity contribution >= 4 is 17.3 Å². The standard InChI is InChI=1S/C23H31N3O3/c1-28-21-11-10-18(16-22(21)29-2)12-13-24-23(27)17-25-19-8-4-5-9-20(19)26-14-6-3-7-15-26/h4-5,8-11,16,25H,3,6-7,12-15,17H2,1-2H3,(H,24,27). The molecule has 1 amide bonds. The predicted octanol–water partition coefficient (Wildman–Crippen LogP) is 3.46. The minimum Gasteiger partial charge on any atom is -0.493 e. The van der Waals surface area contributed by atoms with Crippen molar-refractivity contribution in [3.63, 3.8) is 0 Å². The van der Waals surface area contributed by atoms with Crippen LogP contribution in [0.3, 0.4) is 0 Å². The molecule has 2 aromatic carbocycles. The number of carbonyl (C=O) groups excluding carboxylic acids is 1. The maximum Gasteiger partial charge on any atom is 0.239 e. The molecule has 0 aliphatic carbocycles. The molecule has 156 valence electrons. The molecular formula is C23H31N3O3. The van der Waals surface area contributed by atoms with E-state index in [1.807, 2.05) is 30.3 Å². The highest BCUT2D eigenvalue weighted by Crippen LogP contribution is 2.28. The minimum atomic E-state index is -0.0149. The first-order valence-electron chi connectivity index (χ1n) is 10.3. The van der Waals surface area contributed by atoms with Gasteiger partial charge in [0.1, 0.15) is 0 Å². The average molecular weight is 398 g/mol. The monoisotopic (exact) mass is 397 g/mol. The van der Waals surface area contributed by atoms with Crippen LogP contribution >= 0.6 is 0 Å². The largest absolute Gasteiger partial charge is 0.493 e. The van der Waals surface area contributed by atoms with Crippen LogP contribution in [0.2, 0.25) is 0 Å². The van der Waals surface area contributed by atoms with Gasteiger partial charge in [-0.15, -0.1) is 0 Å². The van der Waals surface area contributed by atoms with Gasteiger partial charge in [0, 0.05) is 19.6 Å². The Hall–Kier alpha value is -2.89. The fourth-order valence-corrected chi connectivity index (χ4v) is 3.65. The van der Waals surface area contributed by atoms with Crippen molar-refractivity contribution in [2.75, 3.05) is 50.6 Å². The Balaban J connectivity index is 1.47. The third-order valence-corrected chi connectivity index (χ3v) is 5.22. The molecule has 6 heteroatoms. The number of benzene rings is 2. The van der Waals surface area contributed by atoms with E-state index in [0.29, 0.717) is 18.0 Å². The second-order valence-electron chi connectivity index (χ2n) is 7.21. The van der Waals surface area contributed by atoms with Crippen molar-refractivity contribution in [2.24, 2.45) is 0 Å². The molecule has 0 spiro atoms. The Morgan fingerprint density at radius 2 is 1.76 bits per heavy atom. The number of nitrogens with one attached hydrogen (secondary N) is 2. The van der Waals surface area contributed by atoms with Crippen LogP contribution in [0.5, 0.6) is 11.5 Å². The van der Waals surface area contributed by atoms with Crippen molar-refractivity contribution in [3.8, 4) is 11.5 Å². The number of para-hydroxylation sites is 2. The van der Waals surface area contributed by atoms with E-state index in [2.05, 4.69) is 27.7 Å². The zero-order valence-corrected chi connectivity index (χ0v) is 17.4. The molecule has 0 saturated carbocycles. The van der Waals surface area contributed by atoms with Gasteiger partial charge < -0.3 is 25.0 Å². The van der Waals surface area contributed by atoms with Crippen LogP contribution in [-0.2, 0) is 11.2 Å². The van der Waals surface area contributed by atoms with Crippen molar-refractivity contribution in [2.45, 2.75) is 25.7 Å². The van der Waals surface area contributed by atoms with E-state index >= 15 is 0 Å². The molecule has 6 nitrogen and oxygen atoms in total. The number of carbonyl (C=O) groups is 1. The summed E-state index contributed by atoms with van der Waals surface area (Å²) in [5, 5.41) is 6.28. The van der Waals surface area contributed by atoms with Gasteiger partial charge in [-0.3, -0.25) is 4.79 Å². The summed E-state index contributed by atoms with van der Waals surface area (Å²) in [5.74, 6) is 1.39. The number of hydrogen-bond acceptors (Lipinski definition) is 5. The molecule has 2 aromatic rings. The van der Waals surface area contributed by atoms with Gasteiger partial charge in [-0.1, -0.05) is 18.2 Å². The van der Waals surface area contributed by atoms with E-state index < -0.39 is 0 Å². The smallest absolute Gasteiger partial charge is 0.239 e. The summed E-state index contributed by atoms with van der Waals surface area (Å²) in [6.07, 6.45) is 4.49. The minimum absolute atomic E-state index is 0.0149. The molecule has 0 bridgehead atoms. The van der Waals surface area contributed by atoms with Crippen LogP contribution in [-0.4, -0.2) is 46.3 Å². The van der Waals surface area contributed by atoms with Gasteiger partial charge in [0.15, 0.2) is 11.5 Å². The molecule has 0 unspecified atom stereocenters. The van der Waals surface area contributed by atoms with E-state index in [1.54, 1.807) is 14.2 Å². The first-order valence-corrected chi connectivity index (χ1v) is 10.3. The summed E-state index contributed by atoms with van der Waals surface area (Å²) >= 11 is 0. The van der Waals surface area contributed by atoms with Gasteiger partial charge in [0.05, 0.1) is 32.1 Å². The summed E-state index contributed by atoms with van der Waals surface area (Å²) < 4.78 is 10.6. The lowest BCUT2D eigenvalue weighted by Crippen LogP contribution is -2.33. The van der Waals surface area contributed by atoms with Crippen molar-refractivity contribution in [3.05, 3.63) is 48.0 Å². The first-order chi connectivity index (χ1) is 14.2. The highest BCUT2D eigenvalue weighted by Gasteiger charge is 2.14. The number of piperidine rings is 1. The summed E-state index contributed by atoms with van der Waals surface area (Å²) in [6, 6.07) is 14.0. The summed E-state index contributed by atoms with van der Waals surface area (Å²) in [4.78, 5) is 14.7. The first kappa shape index (κ1) is 20.8. The Morgan fingerprint density at radius 3 is 2.52 bits per heavy atom. The van der Waals surface area contributed by atoms with Crippen LogP contribution in [0.25, 0.3) is 0 Å². The van der Waals surface area contributed by atoms with Crippen LogP contribution in [0, 0.1) is 0 Å². The number of rotatable bonds is 9. The zero-order chi connectivity index (χ0) is 20.5. The average Bonchev–Trinajstić information content (AvgIpc) is 2.78. The fraction of sp³-hybridized carbons (Fsp3) is 0.435.